The minimum Gasteiger partial charge on any atom is -0.423 e. The molecule has 3 nitrogen and oxygen atoms in total. The van der Waals surface area contributed by atoms with Gasteiger partial charge in [0.2, 0.25) is 0 Å². The lowest BCUT2D eigenvalue weighted by Gasteiger charge is -2.03. The Hall–Kier alpha value is -3.14. The van der Waals surface area contributed by atoms with Gasteiger partial charge in [-0.1, -0.05) is 59.6 Å². The molecule has 0 heterocycles. The summed E-state index contributed by atoms with van der Waals surface area (Å²) in [6, 6.07) is 20.9. The summed E-state index contributed by atoms with van der Waals surface area (Å²) in [4.78, 5) is 24.3. The zero-order valence-electron chi connectivity index (χ0n) is 15.2. The quantitative estimate of drug-likeness (QED) is 0.197. The van der Waals surface area contributed by atoms with Crippen molar-refractivity contribution in [1.82, 2.24) is 0 Å². The third-order valence-electron chi connectivity index (χ3n) is 3.97. The first-order valence-corrected chi connectivity index (χ1v) is 9.50. The summed E-state index contributed by atoms with van der Waals surface area (Å²) in [5.74, 6) is -0.369. The maximum atomic E-state index is 12.3. The Morgan fingerprint density at radius 3 is 2.03 bits per heavy atom. The van der Waals surface area contributed by atoms with Crippen LogP contribution in [0.15, 0.2) is 84.9 Å². The van der Waals surface area contributed by atoms with Gasteiger partial charge in [0, 0.05) is 27.2 Å². The van der Waals surface area contributed by atoms with Gasteiger partial charge in [-0.2, -0.15) is 0 Å². The van der Waals surface area contributed by atoms with Crippen molar-refractivity contribution in [2.24, 2.45) is 0 Å². The molecule has 3 aromatic carbocycles. The molecule has 3 aromatic rings. The fraction of sp³-hybridized carbons (Fsp3) is 0. The van der Waals surface area contributed by atoms with Crippen LogP contribution in [0.3, 0.4) is 0 Å². The van der Waals surface area contributed by atoms with Gasteiger partial charge < -0.3 is 4.74 Å². The summed E-state index contributed by atoms with van der Waals surface area (Å²) >= 11 is 12.2. The Balaban J connectivity index is 1.62. The normalized spacial score (nSPS) is 11.1. The zero-order chi connectivity index (χ0) is 20.6. The van der Waals surface area contributed by atoms with E-state index in [9.17, 15) is 9.59 Å². The molecule has 0 fully saturated rings. The first-order valence-electron chi connectivity index (χ1n) is 8.74. The molecule has 3 rings (SSSR count). The van der Waals surface area contributed by atoms with E-state index in [1.54, 1.807) is 54.6 Å². The molecule has 0 aliphatic rings. The molecule has 0 spiro atoms. The maximum Gasteiger partial charge on any atom is 0.336 e. The minimum atomic E-state index is -0.499. The number of hydrogen-bond donors (Lipinski definition) is 0. The molecule has 0 saturated heterocycles. The van der Waals surface area contributed by atoms with Crippen LogP contribution in [-0.4, -0.2) is 11.8 Å². The Bertz CT molecular complexity index is 1050. The van der Waals surface area contributed by atoms with Crippen molar-refractivity contribution in [2.75, 3.05) is 0 Å². The first kappa shape index (κ1) is 20.6. The van der Waals surface area contributed by atoms with Gasteiger partial charge in [-0.05, 0) is 60.2 Å². The standard InChI is InChI=1S/C24H16Cl2O3/c25-21-7-4-8-22(26)20(21)14-15-23(27)18-10-12-19(13-11-18)29-24(28)16-9-17-5-2-1-3-6-17/h1-16H. The predicted octanol–water partition coefficient (Wildman–Crippen LogP) is 6.51. The highest BCUT2D eigenvalue weighted by Gasteiger charge is 2.06. The van der Waals surface area contributed by atoms with Gasteiger partial charge in [-0.25, -0.2) is 4.79 Å². The molecule has 0 unspecified atom stereocenters. The highest BCUT2D eigenvalue weighted by atomic mass is 35.5. The van der Waals surface area contributed by atoms with Crippen LogP contribution in [0.4, 0.5) is 0 Å². The second-order valence-corrected chi connectivity index (χ2v) is 6.84. The van der Waals surface area contributed by atoms with Gasteiger partial charge in [0.05, 0.1) is 0 Å². The van der Waals surface area contributed by atoms with Gasteiger partial charge in [-0.15, -0.1) is 0 Å². The van der Waals surface area contributed by atoms with Crippen molar-refractivity contribution < 1.29 is 14.3 Å². The van der Waals surface area contributed by atoms with Crippen molar-refractivity contribution in [2.45, 2.75) is 0 Å². The Kier molecular flexibility index (Phi) is 7.01. The van der Waals surface area contributed by atoms with Crippen molar-refractivity contribution in [3.63, 3.8) is 0 Å². The molecule has 0 atom stereocenters. The van der Waals surface area contributed by atoms with Crippen LogP contribution in [0.2, 0.25) is 10.0 Å². The summed E-state index contributed by atoms with van der Waals surface area (Å²) in [6.07, 6.45) is 6.00. The summed E-state index contributed by atoms with van der Waals surface area (Å²) in [7, 11) is 0. The Morgan fingerprint density at radius 1 is 0.724 bits per heavy atom. The third-order valence-corrected chi connectivity index (χ3v) is 4.63. The number of carbonyl (C=O) groups excluding carboxylic acids is 2. The molecular weight excluding hydrogens is 407 g/mol. The highest BCUT2D eigenvalue weighted by Crippen LogP contribution is 2.25. The molecular formula is C24H16Cl2O3. The van der Waals surface area contributed by atoms with Crippen LogP contribution < -0.4 is 4.74 Å². The van der Waals surface area contributed by atoms with Crippen LogP contribution in [0.1, 0.15) is 21.5 Å². The lowest BCUT2D eigenvalue weighted by molar-refractivity contribution is -0.128. The minimum absolute atomic E-state index is 0.220. The van der Waals surface area contributed by atoms with Gasteiger partial charge >= 0.3 is 5.97 Å². The van der Waals surface area contributed by atoms with Crippen molar-refractivity contribution >= 4 is 47.1 Å². The number of benzene rings is 3. The molecule has 0 N–H and O–H groups in total. The smallest absolute Gasteiger partial charge is 0.336 e. The van der Waals surface area contributed by atoms with E-state index in [2.05, 4.69) is 0 Å². The largest absolute Gasteiger partial charge is 0.423 e. The maximum absolute atomic E-state index is 12.3. The van der Waals surface area contributed by atoms with Gasteiger partial charge in [-0.3, -0.25) is 4.79 Å². The highest BCUT2D eigenvalue weighted by molar-refractivity contribution is 6.37. The van der Waals surface area contributed by atoms with Crippen LogP contribution >= 0.6 is 23.2 Å². The molecule has 0 radical (unpaired) electrons. The summed E-state index contributed by atoms with van der Waals surface area (Å²) in [5, 5.41) is 0.930. The number of ketones is 1. The molecule has 0 aromatic heterocycles. The average Bonchev–Trinajstić information content (AvgIpc) is 2.73. The van der Waals surface area contributed by atoms with E-state index in [1.165, 1.54) is 12.2 Å². The molecule has 0 aliphatic heterocycles. The number of carbonyl (C=O) groups is 2. The molecule has 0 aliphatic carbocycles. The monoisotopic (exact) mass is 422 g/mol. The number of ether oxygens (including phenoxy) is 1. The second kappa shape index (κ2) is 9.87. The topological polar surface area (TPSA) is 43.4 Å². The lowest BCUT2D eigenvalue weighted by Crippen LogP contribution is -2.04. The summed E-state index contributed by atoms with van der Waals surface area (Å²) in [6.45, 7) is 0. The number of hydrogen-bond acceptors (Lipinski definition) is 3. The van der Waals surface area contributed by atoms with Gasteiger partial charge in [0.15, 0.2) is 5.78 Å². The third kappa shape index (κ3) is 5.92. The fourth-order valence-corrected chi connectivity index (χ4v) is 3.01. The number of rotatable bonds is 6. The number of halogens is 2. The molecule has 5 heteroatoms. The van der Waals surface area contributed by atoms with Crippen molar-refractivity contribution in [3.8, 4) is 5.75 Å². The van der Waals surface area contributed by atoms with Crippen LogP contribution in [0.25, 0.3) is 12.2 Å². The Morgan fingerprint density at radius 2 is 1.38 bits per heavy atom. The molecule has 0 saturated carbocycles. The lowest BCUT2D eigenvalue weighted by atomic mass is 10.1. The van der Waals surface area contributed by atoms with Gasteiger partial charge in [0.1, 0.15) is 5.75 Å². The summed E-state index contributed by atoms with van der Waals surface area (Å²) in [5.41, 5.74) is 1.93. The SMILES string of the molecule is O=C(C=Cc1ccccc1)Oc1ccc(C(=O)C=Cc2c(Cl)cccc2Cl)cc1. The van der Waals surface area contributed by atoms with Crippen LogP contribution in [0, 0.1) is 0 Å². The van der Waals surface area contributed by atoms with E-state index in [4.69, 9.17) is 27.9 Å². The zero-order valence-corrected chi connectivity index (χ0v) is 16.7. The first-order chi connectivity index (χ1) is 14.0. The molecule has 0 bridgehead atoms. The second-order valence-electron chi connectivity index (χ2n) is 6.02. The average molecular weight is 423 g/mol. The molecule has 144 valence electrons. The predicted molar refractivity (Wildman–Crippen MR) is 117 cm³/mol. The van der Waals surface area contributed by atoms with E-state index in [1.807, 2.05) is 30.3 Å². The van der Waals surface area contributed by atoms with E-state index in [0.29, 0.717) is 26.9 Å². The van der Waals surface area contributed by atoms with Crippen molar-refractivity contribution in [3.05, 3.63) is 112 Å². The molecule has 29 heavy (non-hydrogen) atoms. The fourth-order valence-electron chi connectivity index (χ4n) is 2.49. The number of esters is 1. The van der Waals surface area contributed by atoms with E-state index in [-0.39, 0.29) is 5.78 Å². The van der Waals surface area contributed by atoms with Gasteiger partial charge in [0.25, 0.3) is 0 Å². The van der Waals surface area contributed by atoms with Crippen molar-refractivity contribution in [1.29, 1.82) is 0 Å². The van der Waals surface area contributed by atoms with E-state index >= 15 is 0 Å². The molecule has 0 amide bonds. The van der Waals surface area contributed by atoms with E-state index < -0.39 is 5.97 Å². The van der Waals surface area contributed by atoms with Crippen LogP contribution in [0.5, 0.6) is 5.75 Å². The van der Waals surface area contributed by atoms with E-state index in [0.717, 1.165) is 5.56 Å². The van der Waals surface area contributed by atoms with Crippen LogP contribution in [-0.2, 0) is 4.79 Å². The Labute approximate surface area is 178 Å². The summed E-state index contributed by atoms with van der Waals surface area (Å²) < 4.78 is 5.24. The number of allylic oxidation sites excluding steroid dienone is 1.